The van der Waals surface area contributed by atoms with Gasteiger partial charge in [0.1, 0.15) is 0 Å². The second-order valence-corrected chi connectivity index (χ2v) is 6.46. The smallest absolute Gasteiger partial charge is 0.244 e. The lowest BCUT2D eigenvalue weighted by Gasteiger charge is -2.04. The summed E-state index contributed by atoms with van der Waals surface area (Å²) >= 11 is 12.0. The first-order valence-corrected chi connectivity index (χ1v) is 9.23. The highest BCUT2D eigenvalue weighted by Crippen LogP contribution is 2.16. The van der Waals surface area contributed by atoms with Crippen LogP contribution in [0.1, 0.15) is 17.5 Å². The van der Waals surface area contributed by atoms with Gasteiger partial charge in [-0.2, -0.15) is 0 Å². The van der Waals surface area contributed by atoms with Crippen LogP contribution in [-0.2, 0) is 9.59 Å². The van der Waals surface area contributed by atoms with Gasteiger partial charge in [0.2, 0.25) is 11.8 Å². The highest BCUT2D eigenvalue weighted by molar-refractivity contribution is 6.32. The van der Waals surface area contributed by atoms with Crippen LogP contribution in [0.4, 0.5) is 0 Å². The van der Waals surface area contributed by atoms with E-state index in [1.54, 1.807) is 24.3 Å². The van der Waals surface area contributed by atoms with E-state index in [4.69, 9.17) is 23.2 Å². The van der Waals surface area contributed by atoms with Crippen molar-refractivity contribution in [1.29, 1.82) is 0 Å². The Morgan fingerprint density at radius 2 is 1.15 bits per heavy atom. The first-order valence-electron chi connectivity index (χ1n) is 8.47. The van der Waals surface area contributed by atoms with Crippen molar-refractivity contribution in [2.45, 2.75) is 6.42 Å². The standard InChI is InChI=1S/C21H20Cl2N2O2/c22-18-8-3-1-6-16(18)10-12-20(26)24-14-5-15-25-21(27)13-11-17-7-2-4-9-19(17)23/h1-4,6-13H,5,14-15H2,(H,24,26)(H,25,27). The summed E-state index contributed by atoms with van der Waals surface area (Å²) in [4.78, 5) is 23.5. The topological polar surface area (TPSA) is 58.2 Å². The number of hydrogen-bond donors (Lipinski definition) is 2. The Hall–Kier alpha value is -2.56. The van der Waals surface area contributed by atoms with Gasteiger partial charge in [0.15, 0.2) is 0 Å². The van der Waals surface area contributed by atoms with Crippen molar-refractivity contribution in [3.8, 4) is 0 Å². The van der Waals surface area contributed by atoms with E-state index in [1.807, 2.05) is 36.4 Å². The Labute approximate surface area is 168 Å². The number of benzene rings is 2. The fourth-order valence-corrected chi connectivity index (χ4v) is 2.58. The number of carbonyl (C=O) groups excluding carboxylic acids is 2. The van der Waals surface area contributed by atoms with Gasteiger partial charge in [-0.05, 0) is 41.8 Å². The molecule has 0 atom stereocenters. The molecule has 2 N–H and O–H groups in total. The molecule has 0 aromatic heterocycles. The van der Waals surface area contributed by atoms with E-state index in [1.165, 1.54) is 12.2 Å². The summed E-state index contributed by atoms with van der Waals surface area (Å²) in [6.07, 6.45) is 6.83. The molecule has 0 heterocycles. The number of amides is 2. The molecule has 2 rings (SSSR count). The van der Waals surface area contributed by atoms with Gasteiger partial charge in [0.25, 0.3) is 0 Å². The Balaban J connectivity index is 1.64. The molecule has 2 aromatic carbocycles. The number of halogens is 2. The van der Waals surface area contributed by atoms with Crippen LogP contribution in [0.15, 0.2) is 60.7 Å². The SMILES string of the molecule is O=C(C=Cc1ccccc1Cl)NCCCNC(=O)C=Cc1ccccc1Cl. The van der Waals surface area contributed by atoms with Crippen molar-refractivity contribution in [3.05, 3.63) is 81.9 Å². The molecule has 0 aliphatic rings. The number of nitrogens with one attached hydrogen (secondary N) is 2. The first kappa shape index (κ1) is 20.7. The maximum absolute atomic E-state index is 11.8. The van der Waals surface area contributed by atoms with Crippen LogP contribution in [0.25, 0.3) is 12.2 Å². The monoisotopic (exact) mass is 402 g/mol. The van der Waals surface area contributed by atoms with Gasteiger partial charge in [0.05, 0.1) is 0 Å². The molecule has 2 amide bonds. The Bertz CT molecular complexity index is 778. The lowest BCUT2D eigenvalue weighted by Crippen LogP contribution is -2.28. The van der Waals surface area contributed by atoms with Crippen molar-refractivity contribution in [2.24, 2.45) is 0 Å². The number of rotatable bonds is 8. The van der Waals surface area contributed by atoms with Gasteiger partial charge in [-0.25, -0.2) is 0 Å². The highest BCUT2D eigenvalue weighted by Gasteiger charge is 1.99. The molecule has 0 aliphatic carbocycles. The van der Waals surface area contributed by atoms with E-state index in [2.05, 4.69) is 10.6 Å². The molecule has 140 valence electrons. The summed E-state index contributed by atoms with van der Waals surface area (Å²) in [5.41, 5.74) is 1.57. The van der Waals surface area contributed by atoms with E-state index >= 15 is 0 Å². The van der Waals surface area contributed by atoms with Gasteiger partial charge in [-0.15, -0.1) is 0 Å². The van der Waals surface area contributed by atoms with Crippen LogP contribution in [0.3, 0.4) is 0 Å². The number of hydrogen-bond acceptors (Lipinski definition) is 2. The predicted molar refractivity (Wildman–Crippen MR) is 112 cm³/mol. The van der Waals surface area contributed by atoms with Crippen molar-refractivity contribution in [1.82, 2.24) is 10.6 Å². The summed E-state index contributed by atoms with van der Waals surface area (Å²) in [5.74, 6) is -0.417. The largest absolute Gasteiger partial charge is 0.352 e. The maximum Gasteiger partial charge on any atom is 0.244 e. The predicted octanol–water partition coefficient (Wildman–Crippen LogP) is 4.34. The van der Waals surface area contributed by atoms with Crippen molar-refractivity contribution >= 4 is 47.2 Å². The zero-order valence-electron chi connectivity index (χ0n) is 14.6. The molecule has 0 bridgehead atoms. The zero-order valence-corrected chi connectivity index (χ0v) is 16.1. The van der Waals surface area contributed by atoms with Crippen LogP contribution in [0, 0.1) is 0 Å². The fraction of sp³-hybridized carbons (Fsp3) is 0.143. The van der Waals surface area contributed by atoms with Crippen LogP contribution in [0.2, 0.25) is 10.0 Å². The third-order valence-electron chi connectivity index (χ3n) is 3.59. The normalized spacial score (nSPS) is 11.0. The average molecular weight is 403 g/mol. The molecule has 0 radical (unpaired) electrons. The van der Waals surface area contributed by atoms with Crippen LogP contribution in [-0.4, -0.2) is 24.9 Å². The van der Waals surface area contributed by atoms with Crippen molar-refractivity contribution in [3.63, 3.8) is 0 Å². The molecule has 2 aromatic rings. The third kappa shape index (κ3) is 7.69. The fourth-order valence-electron chi connectivity index (χ4n) is 2.18. The van der Waals surface area contributed by atoms with Gasteiger partial charge in [-0.3, -0.25) is 9.59 Å². The molecule has 6 heteroatoms. The molecular weight excluding hydrogens is 383 g/mol. The van der Waals surface area contributed by atoms with E-state index in [0.717, 1.165) is 11.1 Å². The number of carbonyl (C=O) groups is 2. The minimum absolute atomic E-state index is 0.208. The quantitative estimate of drug-likeness (QED) is 0.509. The molecule has 0 saturated heterocycles. The Kier molecular flexibility index (Phi) is 8.62. The summed E-state index contributed by atoms with van der Waals surface area (Å²) in [5, 5.41) is 6.70. The molecule has 0 spiro atoms. The molecule has 4 nitrogen and oxygen atoms in total. The lowest BCUT2D eigenvalue weighted by atomic mass is 10.2. The summed E-state index contributed by atoms with van der Waals surface area (Å²) in [6.45, 7) is 0.917. The minimum atomic E-state index is -0.208. The summed E-state index contributed by atoms with van der Waals surface area (Å²) in [7, 11) is 0. The molecule has 0 fully saturated rings. The van der Waals surface area contributed by atoms with E-state index in [0.29, 0.717) is 29.6 Å². The van der Waals surface area contributed by atoms with Gasteiger partial charge in [-0.1, -0.05) is 59.6 Å². The highest BCUT2D eigenvalue weighted by atomic mass is 35.5. The van der Waals surface area contributed by atoms with Gasteiger partial charge in [0, 0.05) is 35.3 Å². The zero-order chi connectivity index (χ0) is 19.5. The molecule has 0 saturated carbocycles. The Morgan fingerprint density at radius 1 is 0.741 bits per heavy atom. The first-order chi connectivity index (χ1) is 13.1. The maximum atomic E-state index is 11.8. The molecule has 0 aliphatic heterocycles. The molecule has 27 heavy (non-hydrogen) atoms. The van der Waals surface area contributed by atoms with Crippen LogP contribution >= 0.6 is 23.2 Å². The van der Waals surface area contributed by atoms with Crippen LogP contribution in [0.5, 0.6) is 0 Å². The average Bonchev–Trinajstić information content (AvgIpc) is 2.66. The van der Waals surface area contributed by atoms with E-state index in [-0.39, 0.29) is 11.8 Å². The summed E-state index contributed by atoms with van der Waals surface area (Å²) < 4.78 is 0. The second kappa shape index (κ2) is 11.2. The van der Waals surface area contributed by atoms with Gasteiger partial charge >= 0.3 is 0 Å². The van der Waals surface area contributed by atoms with Gasteiger partial charge < -0.3 is 10.6 Å². The minimum Gasteiger partial charge on any atom is -0.352 e. The van der Waals surface area contributed by atoms with E-state index in [9.17, 15) is 9.59 Å². The molecule has 0 unspecified atom stereocenters. The molecular formula is C21H20Cl2N2O2. The third-order valence-corrected chi connectivity index (χ3v) is 4.28. The van der Waals surface area contributed by atoms with Crippen molar-refractivity contribution in [2.75, 3.05) is 13.1 Å². The second-order valence-electron chi connectivity index (χ2n) is 5.65. The lowest BCUT2D eigenvalue weighted by molar-refractivity contribution is -0.116. The van der Waals surface area contributed by atoms with E-state index < -0.39 is 0 Å². The van der Waals surface area contributed by atoms with Crippen molar-refractivity contribution < 1.29 is 9.59 Å². The summed E-state index contributed by atoms with van der Waals surface area (Å²) in [6, 6.07) is 14.6. The van der Waals surface area contributed by atoms with Crippen LogP contribution < -0.4 is 10.6 Å². The Morgan fingerprint density at radius 3 is 1.56 bits per heavy atom.